The fraction of sp³-hybridized carbons (Fsp3) is 0.200. The van der Waals surface area contributed by atoms with Crippen molar-refractivity contribution in [2.24, 2.45) is 5.73 Å². The summed E-state index contributed by atoms with van der Waals surface area (Å²) >= 11 is 1.71. The van der Waals surface area contributed by atoms with E-state index in [0.717, 1.165) is 6.08 Å². The average Bonchev–Trinajstić information content (AvgIpc) is 2.76. The van der Waals surface area contributed by atoms with Crippen molar-refractivity contribution in [2.45, 2.75) is 6.92 Å². The molecule has 16 heavy (non-hydrogen) atoms. The molecule has 1 amide bonds. The normalized spacial score (nSPS) is 7.31. The SMILES string of the molecule is C=CC(=O)O.CCOC(N)=O.c1ccsc1. The number of hydrogen-bond acceptors (Lipinski definition) is 4. The molecule has 0 bridgehead atoms. The zero-order valence-corrected chi connectivity index (χ0v) is 9.78. The largest absolute Gasteiger partial charge is 0.478 e. The Morgan fingerprint density at radius 3 is 2.00 bits per heavy atom. The number of ether oxygens (including phenoxy) is 1. The predicted octanol–water partition coefficient (Wildman–Crippen LogP) is 2.11. The number of carboxylic acids is 1. The van der Waals surface area contributed by atoms with Gasteiger partial charge in [-0.15, -0.1) is 0 Å². The van der Waals surface area contributed by atoms with Crippen molar-refractivity contribution in [3.8, 4) is 0 Å². The van der Waals surface area contributed by atoms with Gasteiger partial charge in [-0.05, 0) is 17.7 Å². The van der Waals surface area contributed by atoms with E-state index in [0.29, 0.717) is 6.61 Å². The minimum atomic E-state index is -0.981. The topological polar surface area (TPSA) is 89.6 Å². The van der Waals surface area contributed by atoms with E-state index < -0.39 is 12.1 Å². The Hall–Kier alpha value is -1.82. The summed E-state index contributed by atoms with van der Waals surface area (Å²) in [4.78, 5) is 18.8. The van der Waals surface area contributed by atoms with Crippen LogP contribution in [-0.2, 0) is 9.53 Å². The van der Waals surface area contributed by atoms with Crippen LogP contribution in [-0.4, -0.2) is 23.8 Å². The zero-order valence-electron chi connectivity index (χ0n) is 8.96. The molecule has 0 saturated heterocycles. The number of carboxylic acid groups (broad SMARTS) is 1. The van der Waals surface area contributed by atoms with Crippen molar-refractivity contribution >= 4 is 23.4 Å². The first kappa shape index (κ1) is 16.6. The molecule has 1 aromatic rings. The van der Waals surface area contributed by atoms with Crippen molar-refractivity contribution in [2.75, 3.05) is 6.61 Å². The summed E-state index contributed by atoms with van der Waals surface area (Å²) in [6.07, 6.45) is 0.123. The number of aliphatic carboxylic acids is 1. The number of rotatable bonds is 2. The Kier molecular flexibility index (Phi) is 13.7. The van der Waals surface area contributed by atoms with Gasteiger partial charge in [0.25, 0.3) is 0 Å². The zero-order chi connectivity index (χ0) is 12.8. The molecule has 0 aromatic carbocycles. The molecule has 1 aromatic heterocycles. The van der Waals surface area contributed by atoms with Crippen molar-refractivity contribution in [3.63, 3.8) is 0 Å². The van der Waals surface area contributed by atoms with Crippen LogP contribution in [0.3, 0.4) is 0 Å². The van der Waals surface area contributed by atoms with E-state index in [9.17, 15) is 9.59 Å². The number of thiophene rings is 1. The second-order valence-electron chi connectivity index (χ2n) is 2.09. The smallest absolute Gasteiger partial charge is 0.404 e. The third-order valence-corrected chi connectivity index (χ3v) is 1.52. The maximum Gasteiger partial charge on any atom is 0.404 e. The number of hydrogen-bond donors (Lipinski definition) is 2. The first-order valence-corrected chi connectivity index (χ1v) is 5.23. The molecule has 0 aliphatic carbocycles. The van der Waals surface area contributed by atoms with E-state index in [-0.39, 0.29) is 0 Å². The summed E-state index contributed by atoms with van der Waals surface area (Å²) in [6.45, 7) is 5.02. The van der Waals surface area contributed by atoms with Gasteiger partial charge in [-0.25, -0.2) is 9.59 Å². The third kappa shape index (κ3) is 22.8. The summed E-state index contributed by atoms with van der Waals surface area (Å²) in [7, 11) is 0. The quantitative estimate of drug-likeness (QED) is 0.781. The highest BCUT2D eigenvalue weighted by Crippen LogP contribution is 1.91. The molecule has 6 heteroatoms. The van der Waals surface area contributed by atoms with Crippen LogP contribution >= 0.6 is 11.3 Å². The van der Waals surface area contributed by atoms with E-state index in [1.165, 1.54) is 0 Å². The van der Waals surface area contributed by atoms with Crippen molar-refractivity contribution < 1.29 is 19.4 Å². The molecule has 90 valence electrons. The Bertz CT molecular complexity index is 268. The molecule has 0 atom stereocenters. The van der Waals surface area contributed by atoms with Crippen molar-refractivity contribution in [1.29, 1.82) is 0 Å². The maximum absolute atomic E-state index is 9.60. The fourth-order valence-corrected chi connectivity index (χ4v) is 0.823. The van der Waals surface area contributed by atoms with Crippen LogP contribution < -0.4 is 5.73 Å². The van der Waals surface area contributed by atoms with Crippen LogP contribution in [0.25, 0.3) is 0 Å². The summed E-state index contributed by atoms with van der Waals surface area (Å²) < 4.78 is 4.18. The standard InChI is InChI=1S/C4H4S.C3H7NO2.C3H4O2/c1-2-4-5-3-1;1-2-6-3(4)5;1-2-3(4)5/h1-4H;2H2,1H3,(H2,4,5);2H,1H2,(H,4,5). The molecule has 0 aliphatic heterocycles. The maximum atomic E-state index is 9.60. The van der Waals surface area contributed by atoms with Crippen LogP contribution in [0.2, 0.25) is 0 Å². The number of nitrogens with two attached hydrogens (primary N) is 1. The lowest BCUT2D eigenvalue weighted by Gasteiger charge is -1.89. The molecule has 0 saturated carbocycles. The molecule has 0 aliphatic rings. The summed E-state index contributed by atoms with van der Waals surface area (Å²) in [5, 5.41) is 11.7. The van der Waals surface area contributed by atoms with Crippen LogP contribution in [0.15, 0.2) is 35.5 Å². The highest BCUT2D eigenvalue weighted by Gasteiger charge is 1.82. The monoisotopic (exact) mass is 245 g/mol. The Morgan fingerprint density at radius 1 is 1.50 bits per heavy atom. The van der Waals surface area contributed by atoms with Crippen LogP contribution in [0.4, 0.5) is 4.79 Å². The number of amides is 1. The molecule has 1 rings (SSSR count). The highest BCUT2D eigenvalue weighted by molar-refractivity contribution is 7.07. The minimum absolute atomic E-state index is 0.356. The van der Waals surface area contributed by atoms with Gasteiger partial charge in [-0.1, -0.05) is 18.7 Å². The van der Waals surface area contributed by atoms with Crippen molar-refractivity contribution in [3.05, 3.63) is 35.5 Å². The lowest BCUT2D eigenvalue weighted by molar-refractivity contribution is -0.131. The van der Waals surface area contributed by atoms with Gasteiger partial charge in [0.2, 0.25) is 0 Å². The summed E-state index contributed by atoms with van der Waals surface area (Å²) in [5.74, 6) is -0.981. The lowest BCUT2D eigenvalue weighted by atomic mass is 10.7. The number of carbonyl (C=O) groups is 2. The number of carbonyl (C=O) groups excluding carboxylic acids is 1. The van der Waals surface area contributed by atoms with Gasteiger partial charge in [-0.3, -0.25) is 0 Å². The van der Waals surface area contributed by atoms with E-state index >= 15 is 0 Å². The van der Waals surface area contributed by atoms with Gasteiger partial charge in [0, 0.05) is 6.08 Å². The highest BCUT2D eigenvalue weighted by atomic mass is 32.1. The molecular weight excluding hydrogens is 230 g/mol. The fourth-order valence-electron chi connectivity index (χ4n) is 0.369. The van der Waals surface area contributed by atoms with E-state index in [1.807, 2.05) is 22.9 Å². The van der Waals surface area contributed by atoms with E-state index in [4.69, 9.17) is 5.11 Å². The minimum Gasteiger partial charge on any atom is -0.478 e. The molecule has 5 nitrogen and oxygen atoms in total. The van der Waals surface area contributed by atoms with Gasteiger partial charge in [0.15, 0.2) is 0 Å². The molecule has 1 heterocycles. The number of primary amides is 1. The van der Waals surface area contributed by atoms with Gasteiger partial charge < -0.3 is 15.6 Å². The van der Waals surface area contributed by atoms with E-state index in [2.05, 4.69) is 17.0 Å². The van der Waals surface area contributed by atoms with Gasteiger partial charge in [0.1, 0.15) is 0 Å². The average molecular weight is 245 g/mol. The first-order valence-electron chi connectivity index (χ1n) is 4.29. The van der Waals surface area contributed by atoms with Crippen molar-refractivity contribution in [1.82, 2.24) is 0 Å². The van der Waals surface area contributed by atoms with Gasteiger partial charge in [-0.2, -0.15) is 11.3 Å². The molecule has 0 spiro atoms. The molecule has 3 N–H and O–H groups in total. The van der Waals surface area contributed by atoms with Crippen LogP contribution in [0, 0.1) is 0 Å². The predicted molar refractivity (Wildman–Crippen MR) is 63.4 cm³/mol. The second-order valence-corrected chi connectivity index (χ2v) is 2.90. The second kappa shape index (κ2) is 13.2. The third-order valence-electron chi connectivity index (χ3n) is 0.887. The summed E-state index contributed by atoms with van der Waals surface area (Å²) in [6, 6.07) is 4.04. The Labute approximate surface area is 98.2 Å². The Morgan fingerprint density at radius 2 is 1.94 bits per heavy atom. The molecule has 0 unspecified atom stereocenters. The van der Waals surface area contributed by atoms with Crippen LogP contribution in [0.1, 0.15) is 6.92 Å². The van der Waals surface area contributed by atoms with Gasteiger partial charge in [0.05, 0.1) is 6.61 Å². The van der Waals surface area contributed by atoms with Crippen LogP contribution in [0.5, 0.6) is 0 Å². The van der Waals surface area contributed by atoms with Gasteiger partial charge >= 0.3 is 12.1 Å². The molecule has 0 radical (unpaired) electrons. The summed E-state index contributed by atoms with van der Waals surface area (Å²) in [5.41, 5.74) is 4.54. The first-order chi connectivity index (χ1) is 7.54. The van der Waals surface area contributed by atoms with E-state index in [1.54, 1.807) is 18.3 Å². The molecule has 0 fully saturated rings. The molecular formula is C10H15NO4S. The lowest BCUT2D eigenvalue weighted by Crippen LogP contribution is -2.11. The Balaban J connectivity index is 0.